The fourth-order valence-corrected chi connectivity index (χ4v) is 3.09. The van der Waals surface area contributed by atoms with Crippen molar-refractivity contribution in [3.8, 4) is 0 Å². The number of hydrogen-bond donors (Lipinski definition) is 1. The molecular weight excluding hydrogens is 274 g/mol. The Morgan fingerprint density at radius 1 is 1.23 bits per heavy atom. The van der Waals surface area contributed by atoms with Crippen molar-refractivity contribution >= 4 is 5.82 Å². The molecule has 0 aromatic carbocycles. The number of nitrogens with one attached hydrogen (secondary N) is 1. The zero-order valence-corrected chi connectivity index (χ0v) is 13.8. The van der Waals surface area contributed by atoms with Crippen LogP contribution in [-0.4, -0.2) is 19.5 Å². The Morgan fingerprint density at radius 2 is 2.05 bits per heavy atom. The van der Waals surface area contributed by atoms with Gasteiger partial charge < -0.3 is 9.88 Å². The molecule has 0 saturated heterocycles. The number of fused-ring (bicyclic) bond motifs is 1. The molecule has 0 amide bonds. The van der Waals surface area contributed by atoms with E-state index in [0.29, 0.717) is 12.5 Å². The van der Waals surface area contributed by atoms with Crippen LogP contribution in [0, 0.1) is 12.8 Å². The molecule has 0 radical (unpaired) electrons. The van der Waals surface area contributed by atoms with E-state index >= 15 is 0 Å². The van der Waals surface area contributed by atoms with E-state index in [4.69, 9.17) is 0 Å². The van der Waals surface area contributed by atoms with Crippen LogP contribution in [-0.2, 0) is 25.9 Å². The van der Waals surface area contributed by atoms with Gasteiger partial charge in [-0.15, -0.1) is 0 Å². The van der Waals surface area contributed by atoms with Crippen LogP contribution in [0.25, 0.3) is 0 Å². The molecule has 0 aliphatic heterocycles. The van der Waals surface area contributed by atoms with E-state index < -0.39 is 0 Å². The Morgan fingerprint density at radius 3 is 2.86 bits per heavy atom. The number of aromatic nitrogens is 4. The van der Waals surface area contributed by atoms with Gasteiger partial charge in [-0.05, 0) is 38.5 Å². The molecule has 0 bridgehead atoms. The van der Waals surface area contributed by atoms with Crippen molar-refractivity contribution in [3.05, 3.63) is 35.3 Å². The lowest BCUT2D eigenvalue weighted by molar-refractivity contribution is 0.509. The molecule has 2 aromatic rings. The lowest BCUT2D eigenvalue weighted by Crippen LogP contribution is -2.16. The van der Waals surface area contributed by atoms with Crippen molar-refractivity contribution in [3.63, 3.8) is 0 Å². The van der Waals surface area contributed by atoms with Crippen LogP contribution < -0.4 is 5.32 Å². The maximum Gasteiger partial charge on any atom is 0.133 e. The second-order valence-corrected chi connectivity index (χ2v) is 6.50. The van der Waals surface area contributed by atoms with Gasteiger partial charge in [0.05, 0.1) is 6.54 Å². The number of aryl methyl sites for hydroxylation is 2. The molecule has 118 valence electrons. The zero-order chi connectivity index (χ0) is 15.5. The average molecular weight is 299 g/mol. The molecule has 2 heterocycles. The predicted molar refractivity (Wildman–Crippen MR) is 87.8 cm³/mol. The monoisotopic (exact) mass is 299 g/mol. The first kappa shape index (κ1) is 15.0. The molecule has 0 fully saturated rings. The highest BCUT2D eigenvalue weighted by Gasteiger charge is 2.17. The number of hydrogen-bond acceptors (Lipinski definition) is 4. The third-order valence-electron chi connectivity index (χ3n) is 4.07. The quantitative estimate of drug-likeness (QED) is 0.921. The third kappa shape index (κ3) is 3.29. The summed E-state index contributed by atoms with van der Waals surface area (Å²) in [6.45, 7) is 8.13. The van der Waals surface area contributed by atoms with E-state index in [2.05, 4.69) is 44.9 Å². The Bertz CT molecular complexity index is 644. The molecule has 0 spiro atoms. The highest BCUT2D eigenvalue weighted by molar-refractivity contribution is 5.47. The summed E-state index contributed by atoms with van der Waals surface area (Å²) in [4.78, 5) is 13.7. The summed E-state index contributed by atoms with van der Waals surface area (Å²) in [7, 11) is 0. The van der Waals surface area contributed by atoms with Crippen LogP contribution >= 0.6 is 0 Å². The number of rotatable bonds is 5. The fourth-order valence-electron chi connectivity index (χ4n) is 3.09. The molecule has 22 heavy (non-hydrogen) atoms. The fraction of sp³-hybridized carbons (Fsp3) is 0.588. The van der Waals surface area contributed by atoms with Gasteiger partial charge in [0.15, 0.2) is 0 Å². The topological polar surface area (TPSA) is 55.6 Å². The molecule has 3 rings (SSSR count). The van der Waals surface area contributed by atoms with Crippen LogP contribution in [0.3, 0.4) is 0 Å². The second-order valence-electron chi connectivity index (χ2n) is 6.50. The van der Waals surface area contributed by atoms with Gasteiger partial charge in [-0.25, -0.2) is 15.0 Å². The summed E-state index contributed by atoms with van der Waals surface area (Å²) in [6.07, 6.45) is 8.56. The van der Waals surface area contributed by atoms with Crippen LogP contribution in [0.1, 0.15) is 49.6 Å². The lowest BCUT2D eigenvalue weighted by atomic mass is 9.96. The molecule has 1 aliphatic carbocycles. The normalized spacial score (nSPS) is 14.2. The molecule has 0 atom stereocenters. The Hall–Kier alpha value is -1.91. The average Bonchev–Trinajstić information content (AvgIpc) is 2.91. The Labute approximate surface area is 132 Å². The van der Waals surface area contributed by atoms with Gasteiger partial charge in [-0.1, -0.05) is 13.8 Å². The SMILES string of the molecule is Cc1nc2c(c(NCc3nccn3CC(C)C)n1)CCCC2. The van der Waals surface area contributed by atoms with Crippen molar-refractivity contribution < 1.29 is 0 Å². The largest absolute Gasteiger partial charge is 0.362 e. The minimum Gasteiger partial charge on any atom is -0.362 e. The van der Waals surface area contributed by atoms with Gasteiger partial charge >= 0.3 is 0 Å². The zero-order valence-electron chi connectivity index (χ0n) is 13.8. The van der Waals surface area contributed by atoms with Crippen molar-refractivity contribution in [2.45, 2.75) is 59.5 Å². The van der Waals surface area contributed by atoms with Crippen molar-refractivity contribution in [2.24, 2.45) is 5.92 Å². The maximum absolute atomic E-state index is 4.62. The molecule has 2 aromatic heterocycles. The number of imidazole rings is 1. The van der Waals surface area contributed by atoms with Crippen molar-refractivity contribution in [1.82, 2.24) is 19.5 Å². The van der Waals surface area contributed by atoms with Crippen molar-refractivity contribution in [2.75, 3.05) is 5.32 Å². The molecule has 5 heteroatoms. The van der Waals surface area contributed by atoms with Gasteiger partial charge in [0.25, 0.3) is 0 Å². The lowest BCUT2D eigenvalue weighted by Gasteiger charge is -2.19. The Kier molecular flexibility index (Phi) is 4.41. The summed E-state index contributed by atoms with van der Waals surface area (Å²) in [5.74, 6) is 3.53. The van der Waals surface area contributed by atoms with Crippen LogP contribution in [0.5, 0.6) is 0 Å². The van der Waals surface area contributed by atoms with E-state index in [-0.39, 0.29) is 0 Å². The molecule has 0 unspecified atom stereocenters. The summed E-state index contributed by atoms with van der Waals surface area (Å²) in [6, 6.07) is 0. The smallest absolute Gasteiger partial charge is 0.133 e. The van der Waals surface area contributed by atoms with Crippen LogP contribution in [0.15, 0.2) is 12.4 Å². The third-order valence-corrected chi connectivity index (χ3v) is 4.07. The van der Waals surface area contributed by atoms with Gasteiger partial charge in [0, 0.05) is 30.2 Å². The van der Waals surface area contributed by atoms with Crippen LogP contribution in [0.2, 0.25) is 0 Å². The van der Waals surface area contributed by atoms with Gasteiger partial charge in [0.1, 0.15) is 17.5 Å². The summed E-state index contributed by atoms with van der Waals surface area (Å²) in [5.41, 5.74) is 2.53. The van der Waals surface area contributed by atoms with E-state index in [1.807, 2.05) is 13.1 Å². The molecular formula is C17H25N5. The summed E-state index contributed by atoms with van der Waals surface area (Å²) >= 11 is 0. The van der Waals surface area contributed by atoms with E-state index in [0.717, 1.165) is 36.9 Å². The Balaban J connectivity index is 1.77. The van der Waals surface area contributed by atoms with Gasteiger partial charge in [0.2, 0.25) is 0 Å². The predicted octanol–water partition coefficient (Wildman–Crippen LogP) is 3.13. The van der Waals surface area contributed by atoms with E-state index in [1.165, 1.54) is 24.1 Å². The number of nitrogens with zero attached hydrogens (tertiary/aromatic N) is 4. The first-order valence-corrected chi connectivity index (χ1v) is 8.23. The highest BCUT2D eigenvalue weighted by atomic mass is 15.1. The standard InChI is InChI=1S/C17H25N5/c1-12(2)11-22-9-8-18-16(22)10-19-17-14-6-4-5-7-15(14)20-13(3)21-17/h8-9,12H,4-7,10-11H2,1-3H3,(H,19,20,21). The number of anilines is 1. The van der Waals surface area contributed by atoms with Gasteiger partial charge in [-0.2, -0.15) is 0 Å². The minimum absolute atomic E-state index is 0.613. The van der Waals surface area contributed by atoms with Crippen molar-refractivity contribution in [1.29, 1.82) is 0 Å². The van der Waals surface area contributed by atoms with E-state index in [9.17, 15) is 0 Å². The van der Waals surface area contributed by atoms with Gasteiger partial charge in [-0.3, -0.25) is 0 Å². The van der Waals surface area contributed by atoms with Crippen LogP contribution in [0.4, 0.5) is 5.82 Å². The molecule has 5 nitrogen and oxygen atoms in total. The molecule has 1 aliphatic rings. The minimum atomic E-state index is 0.613. The first-order chi connectivity index (χ1) is 10.6. The first-order valence-electron chi connectivity index (χ1n) is 8.23. The second kappa shape index (κ2) is 6.46. The highest BCUT2D eigenvalue weighted by Crippen LogP contribution is 2.25. The molecule has 0 saturated carbocycles. The maximum atomic E-state index is 4.62. The van der Waals surface area contributed by atoms with E-state index in [1.54, 1.807) is 0 Å². The summed E-state index contributed by atoms with van der Waals surface area (Å²) in [5, 5.41) is 3.50. The molecule has 1 N–H and O–H groups in total. The summed E-state index contributed by atoms with van der Waals surface area (Å²) < 4.78 is 2.22.